The average Bonchev–Trinajstić information content (AvgIpc) is 3.04. The summed E-state index contributed by atoms with van der Waals surface area (Å²) in [6.07, 6.45) is -0.477. The third-order valence-corrected chi connectivity index (χ3v) is 3.75. The van der Waals surface area contributed by atoms with Crippen LogP contribution in [0.15, 0.2) is 42.5 Å². The van der Waals surface area contributed by atoms with Crippen LogP contribution in [0.1, 0.15) is 22.3 Å². The van der Waals surface area contributed by atoms with E-state index in [1.165, 1.54) is 0 Å². The monoisotopic (exact) mass is 298 g/mol. The fourth-order valence-electron chi connectivity index (χ4n) is 2.61. The summed E-state index contributed by atoms with van der Waals surface area (Å²) in [5.74, 6) is 0. The standard InChI is InChI=1S/C17H18N2O3/c20-10-13-6-7-16(15-9-18-8-14(13)15)19-17(21)22-11-12-4-2-1-3-5-12/h1-7,18,20H,8-11H2,(H,19,21). The molecule has 0 bridgehead atoms. The fourth-order valence-corrected chi connectivity index (χ4v) is 2.61. The molecule has 114 valence electrons. The van der Waals surface area contributed by atoms with E-state index in [4.69, 9.17) is 4.74 Å². The molecule has 5 heteroatoms. The van der Waals surface area contributed by atoms with E-state index in [1.807, 2.05) is 36.4 Å². The Morgan fingerprint density at radius 1 is 1.14 bits per heavy atom. The summed E-state index contributed by atoms with van der Waals surface area (Å²) in [5, 5.41) is 15.4. The molecule has 3 N–H and O–H groups in total. The number of aliphatic hydroxyl groups excluding tert-OH is 1. The molecule has 1 heterocycles. The minimum Gasteiger partial charge on any atom is -0.444 e. The van der Waals surface area contributed by atoms with E-state index in [1.54, 1.807) is 6.07 Å². The smallest absolute Gasteiger partial charge is 0.411 e. The zero-order valence-corrected chi connectivity index (χ0v) is 12.1. The van der Waals surface area contributed by atoms with Gasteiger partial charge < -0.3 is 15.2 Å². The Morgan fingerprint density at radius 3 is 2.68 bits per heavy atom. The Hall–Kier alpha value is -2.37. The first-order valence-electron chi connectivity index (χ1n) is 7.21. The molecular formula is C17H18N2O3. The van der Waals surface area contributed by atoms with Crippen LogP contribution in [0.3, 0.4) is 0 Å². The zero-order valence-electron chi connectivity index (χ0n) is 12.1. The summed E-state index contributed by atoms with van der Waals surface area (Å²) in [7, 11) is 0. The molecular weight excluding hydrogens is 280 g/mol. The Labute approximate surface area is 128 Å². The molecule has 0 unspecified atom stereocenters. The molecule has 0 spiro atoms. The number of anilines is 1. The van der Waals surface area contributed by atoms with Gasteiger partial charge in [0.2, 0.25) is 0 Å². The lowest BCUT2D eigenvalue weighted by atomic mass is 10.0. The van der Waals surface area contributed by atoms with E-state index in [9.17, 15) is 9.90 Å². The van der Waals surface area contributed by atoms with E-state index >= 15 is 0 Å². The molecule has 0 atom stereocenters. The van der Waals surface area contributed by atoms with Gasteiger partial charge in [0.1, 0.15) is 6.61 Å². The maximum Gasteiger partial charge on any atom is 0.411 e. The second-order valence-electron chi connectivity index (χ2n) is 5.18. The van der Waals surface area contributed by atoms with Crippen molar-refractivity contribution in [1.82, 2.24) is 5.32 Å². The third-order valence-electron chi connectivity index (χ3n) is 3.75. The molecule has 0 aliphatic carbocycles. The number of benzene rings is 2. The van der Waals surface area contributed by atoms with Crippen molar-refractivity contribution in [3.8, 4) is 0 Å². The van der Waals surface area contributed by atoms with E-state index in [-0.39, 0.29) is 13.2 Å². The Morgan fingerprint density at radius 2 is 1.91 bits per heavy atom. The van der Waals surface area contributed by atoms with Gasteiger partial charge in [-0.1, -0.05) is 36.4 Å². The van der Waals surface area contributed by atoms with Crippen LogP contribution in [0.4, 0.5) is 10.5 Å². The quantitative estimate of drug-likeness (QED) is 0.811. The van der Waals surface area contributed by atoms with Gasteiger partial charge in [-0.25, -0.2) is 4.79 Å². The molecule has 1 aliphatic rings. The summed E-state index contributed by atoms with van der Waals surface area (Å²) in [4.78, 5) is 11.9. The van der Waals surface area contributed by atoms with Crippen molar-refractivity contribution < 1.29 is 14.6 Å². The van der Waals surface area contributed by atoms with Crippen molar-refractivity contribution >= 4 is 11.8 Å². The van der Waals surface area contributed by atoms with E-state index in [0.29, 0.717) is 13.1 Å². The van der Waals surface area contributed by atoms with Crippen LogP contribution in [0.25, 0.3) is 0 Å². The van der Waals surface area contributed by atoms with Gasteiger partial charge in [-0.2, -0.15) is 0 Å². The van der Waals surface area contributed by atoms with Gasteiger partial charge in [-0.05, 0) is 28.3 Å². The average molecular weight is 298 g/mol. The molecule has 0 fully saturated rings. The van der Waals surface area contributed by atoms with Gasteiger partial charge in [0, 0.05) is 18.8 Å². The summed E-state index contributed by atoms with van der Waals surface area (Å²) >= 11 is 0. The molecule has 5 nitrogen and oxygen atoms in total. The Bertz CT molecular complexity index is 671. The van der Waals surface area contributed by atoms with Gasteiger partial charge in [-0.3, -0.25) is 5.32 Å². The summed E-state index contributed by atoms with van der Waals surface area (Å²) in [5.41, 5.74) is 4.64. The normalized spacial score (nSPS) is 12.8. The summed E-state index contributed by atoms with van der Waals surface area (Å²) in [6.45, 7) is 1.63. The lowest BCUT2D eigenvalue weighted by molar-refractivity contribution is 0.155. The second kappa shape index (κ2) is 6.60. The van der Waals surface area contributed by atoms with Crippen molar-refractivity contribution in [2.24, 2.45) is 0 Å². The fraction of sp³-hybridized carbons (Fsp3) is 0.235. The molecule has 22 heavy (non-hydrogen) atoms. The first kappa shape index (κ1) is 14.6. The number of amides is 1. The SMILES string of the molecule is O=C(Nc1ccc(CO)c2c1CNC2)OCc1ccccc1. The molecule has 2 aromatic carbocycles. The maximum atomic E-state index is 11.9. The van der Waals surface area contributed by atoms with Crippen LogP contribution < -0.4 is 10.6 Å². The lowest BCUT2D eigenvalue weighted by Gasteiger charge is -2.12. The number of nitrogens with one attached hydrogen (secondary N) is 2. The van der Waals surface area contributed by atoms with Crippen LogP contribution in [-0.4, -0.2) is 11.2 Å². The highest BCUT2D eigenvalue weighted by Crippen LogP contribution is 2.28. The van der Waals surface area contributed by atoms with Gasteiger partial charge in [0.15, 0.2) is 0 Å². The van der Waals surface area contributed by atoms with Crippen molar-refractivity contribution in [3.05, 3.63) is 64.7 Å². The highest BCUT2D eigenvalue weighted by Gasteiger charge is 2.19. The molecule has 3 rings (SSSR count). The lowest BCUT2D eigenvalue weighted by Crippen LogP contribution is -2.15. The molecule has 0 saturated carbocycles. The number of fused-ring (bicyclic) bond motifs is 1. The van der Waals surface area contributed by atoms with Gasteiger partial charge in [0.25, 0.3) is 0 Å². The zero-order chi connectivity index (χ0) is 15.4. The number of carbonyl (C=O) groups is 1. The summed E-state index contributed by atoms with van der Waals surface area (Å²) in [6, 6.07) is 13.2. The molecule has 1 aliphatic heterocycles. The van der Waals surface area contributed by atoms with Crippen LogP contribution in [-0.2, 0) is 31.0 Å². The van der Waals surface area contributed by atoms with Crippen LogP contribution >= 0.6 is 0 Å². The highest BCUT2D eigenvalue weighted by molar-refractivity contribution is 5.86. The third kappa shape index (κ3) is 3.10. The molecule has 0 radical (unpaired) electrons. The topological polar surface area (TPSA) is 70.6 Å². The largest absolute Gasteiger partial charge is 0.444 e. The van der Waals surface area contributed by atoms with Crippen molar-refractivity contribution in [2.75, 3.05) is 5.32 Å². The van der Waals surface area contributed by atoms with Crippen LogP contribution in [0.2, 0.25) is 0 Å². The van der Waals surface area contributed by atoms with Crippen LogP contribution in [0.5, 0.6) is 0 Å². The Balaban J connectivity index is 1.66. The number of hydrogen-bond donors (Lipinski definition) is 3. The number of rotatable bonds is 4. The minimum absolute atomic E-state index is 0.00273. The highest BCUT2D eigenvalue weighted by atomic mass is 16.5. The van der Waals surface area contributed by atoms with Crippen molar-refractivity contribution in [3.63, 3.8) is 0 Å². The minimum atomic E-state index is -0.477. The number of ether oxygens (including phenoxy) is 1. The molecule has 0 aromatic heterocycles. The van der Waals surface area contributed by atoms with Gasteiger partial charge in [0.05, 0.1) is 6.61 Å². The number of aliphatic hydroxyl groups is 1. The predicted octanol–water partition coefficient (Wildman–Crippen LogP) is 2.53. The first-order valence-corrected chi connectivity index (χ1v) is 7.21. The molecule has 2 aromatic rings. The van der Waals surface area contributed by atoms with Crippen molar-refractivity contribution in [2.45, 2.75) is 26.3 Å². The van der Waals surface area contributed by atoms with Crippen molar-refractivity contribution in [1.29, 1.82) is 0 Å². The van der Waals surface area contributed by atoms with Crippen LogP contribution in [0, 0.1) is 0 Å². The Kier molecular flexibility index (Phi) is 4.37. The van der Waals surface area contributed by atoms with E-state index < -0.39 is 6.09 Å². The number of hydrogen-bond acceptors (Lipinski definition) is 4. The molecule has 0 saturated heterocycles. The summed E-state index contributed by atoms with van der Waals surface area (Å²) < 4.78 is 5.23. The number of carbonyl (C=O) groups excluding carboxylic acids is 1. The van der Waals surface area contributed by atoms with Gasteiger partial charge >= 0.3 is 6.09 Å². The second-order valence-corrected chi connectivity index (χ2v) is 5.18. The predicted molar refractivity (Wildman–Crippen MR) is 83.2 cm³/mol. The first-order chi connectivity index (χ1) is 10.8. The molecule has 1 amide bonds. The van der Waals surface area contributed by atoms with E-state index in [2.05, 4.69) is 10.6 Å². The maximum absolute atomic E-state index is 11.9. The van der Waals surface area contributed by atoms with Gasteiger partial charge in [-0.15, -0.1) is 0 Å². The van der Waals surface area contributed by atoms with E-state index in [0.717, 1.165) is 27.9 Å².